The van der Waals surface area contributed by atoms with Gasteiger partial charge in [0, 0.05) is 25.4 Å². The molecule has 1 aliphatic rings. The molecule has 1 aliphatic heterocycles. The Bertz CT molecular complexity index is 503. The maximum atomic E-state index is 12.1. The fourth-order valence-corrected chi connectivity index (χ4v) is 2.12. The first kappa shape index (κ1) is 12.3. The van der Waals surface area contributed by atoms with Gasteiger partial charge in [-0.15, -0.1) is 0 Å². The summed E-state index contributed by atoms with van der Waals surface area (Å²) in [6.07, 6.45) is 2.88. The fourth-order valence-electron chi connectivity index (χ4n) is 2.12. The minimum absolute atomic E-state index is 0.183. The van der Waals surface area contributed by atoms with E-state index in [1.165, 1.54) is 18.3 Å². The molecule has 96 valence electrons. The van der Waals surface area contributed by atoms with Gasteiger partial charge in [0.2, 0.25) is 11.5 Å². The molecule has 2 amide bonds. The summed E-state index contributed by atoms with van der Waals surface area (Å²) in [5.41, 5.74) is 5.43. The average Bonchev–Trinajstić information content (AvgIpc) is 2.39. The van der Waals surface area contributed by atoms with Crippen LogP contribution in [-0.2, 0) is 4.79 Å². The van der Waals surface area contributed by atoms with Crippen molar-refractivity contribution >= 4 is 11.8 Å². The number of rotatable bonds is 2. The van der Waals surface area contributed by atoms with Crippen LogP contribution >= 0.6 is 0 Å². The van der Waals surface area contributed by atoms with E-state index in [-0.39, 0.29) is 23.3 Å². The van der Waals surface area contributed by atoms with Crippen LogP contribution in [0.1, 0.15) is 23.2 Å². The largest absolute Gasteiger partial charge is 0.369 e. The summed E-state index contributed by atoms with van der Waals surface area (Å²) in [5.74, 6) is -0.823. The molecule has 1 fully saturated rings. The van der Waals surface area contributed by atoms with Crippen molar-refractivity contribution in [1.82, 2.24) is 9.88 Å². The summed E-state index contributed by atoms with van der Waals surface area (Å²) in [6, 6.07) is 2.79. The van der Waals surface area contributed by atoms with Gasteiger partial charge in [0.15, 0.2) is 0 Å². The van der Waals surface area contributed by atoms with Gasteiger partial charge in [-0.2, -0.15) is 0 Å². The lowest BCUT2D eigenvalue weighted by molar-refractivity contribution is -0.123. The summed E-state index contributed by atoms with van der Waals surface area (Å²) < 4.78 is 0. The van der Waals surface area contributed by atoms with Crippen LogP contribution in [0.4, 0.5) is 0 Å². The Labute approximate surface area is 104 Å². The highest BCUT2D eigenvalue weighted by Crippen LogP contribution is 2.17. The Morgan fingerprint density at radius 2 is 2.17 bits per heavy atom. The molecule has 2 rings (SSSR count). The molecule has 1 saturated heterocycles. The number of nitrogens with zero attached hydrogens (tertiary/aromatic N) is 1. The van der Waals surface area contributed by atoms with Gasteiger partial charge in [-0.25, -0.2) is 0 Å². The molecule has 0 spiro atoms. The fraction of sp³-hybridized carbons (Fsp3) is 0.417. The highest BCUT2D eigenvalue weighted by molar-refractivity contribution is 5.94. The number of likely N-dealkylation sites (tertiary alicyclic amines) is 1. The second-order valence-electron chi connectivity index (χ2n) is 4.43. The zero-order valence-electron chi connectivity index (χ0n) is 9.89. The quantitative estimate of drug-likeness (QED) is 0.754. The van der Waals surface area contributed by atoms with Gasteiger partial charge < -0.3 is 15.6 Å². The number of amides is 2. The van der Waals surface area contributed by atoms with Crippen LogP contribution in [-0.4, -0.2) is 34.8 Å². The number of aromatic nitrogens is 1. The first-order valence-corrected chi connectivity index (χ1v) is 5.85. The van der Waals surface area contributed by atoms with Crippen LogP contribution in [0, 0.1) is 5.92 Å². The zero-order chi connectivity index (χ0) is 13.1. The van der Waals surface area contributed by atoms with Gasteiger partial charge in [0.1, 0.15) is 0 Å². The number of piperidine rings is 1. The van der Waals surface area contributed by atoms with E-state index in [1.54, 1.807) is 4.90 Å². The van der Waals surface area contributed by atoms with Crippen molar-refractivity contribution in [2.45, 2.75) is 12.8 Å². The van der Waals surface area contributed by atoms with E-state index in [0.717, 1.165) is 12.8 Å². The lowest BCUT2D eigenvalue weighted by atomic mass is 9.97. The van der Waals surface area contributed by atoms with Crippen LogP contribution in [0.15, 0.2) is 23.1 Å². The number of nitrogens with two attached hydrogens (primary N) is 1. The number of H-pyrrole nitrogens is 1. The molecule has 18 heavy (non-hydrogen) atoms. The predicted molar refractivity (Wildman–Crippen MR) is 64.9 cm³/mol. The summed E-state index contributed by atoms with van der Waals surface area (Å²) in [5, 5.41) is 0. The molecule has 3 N–H and O–H groups in total. The Morgan fingerprint density at radius 3 is 2.78 bits per heavy atom. The van der Waals surface area contributed by atoms with Gasteiger partial charge in [-0.05, 0) is 18.9 Å². The lowest BCUT2D eigenvalue weighted by Gasteiger charge is -2.31. The highest BCUT2D eigenvalue weighted by atomic mass is 16.2. The molecule has 1 aromatic rings. The third kappa shape index (κ3) is 2.58. The standard InChI is InChI=1S/C12H15N3O3/c13-11(17)9-2-1-5-15(7-9)12(18)8-3-4-10(16)14-6-8/h3-4,6,9H,1-2,5,7H2,(H2,13,17)(H,14,16)/t9-/m0/s1. The minimum atomic E-state index is -0.367. The van der Waals surface area contributed by atoms with E-state index in [9.17, 15) is 14.4 Å². The summed E-state index contributed by atoms with van der Waals surface area (Å²) >= 11 is 0. The molecular weight excluding hydrogens is 234 g/mol. The van der Waals surface area contributed by atoms with Crippen molar-refractivity contribution in [3.63, 3.8) is 0 Å². The van der Waals surface area contributed by atoms with Gasteiger partial charge in [0.25, 0.3) is 5.91 Å². The molecular formula is C12H15N3O3. The van der Waals surface area contributed by atoms with Crippen molar-refractivity contribution in [3.8, 4) is 0 Å². The predicted octanol–water partition coefficient (Wildman–Crippen LogP) is -0.288. The Morgan fingerprint density at radius 1 is 1.39 bits per heavy atom. The van der Waals surface area contributed by atoms with E-state index in [0.29, 0.717) is 18.7 Å². The molecule has 1 atom stereocenters. The molecule has 1 aromatic heterocycles. The molecule has 0 radical (unpaired) electrons. The maximum absolute atomic E-state index is 12.1. The summed E-state index contributed by atoms with van der Waals surface area (Å²) in [7, 11) is 0. The number of hydrogen-bond acceptors (Lipinski definition) is 3. The maximum Gasteiger partial charge on any atom is 0.255 e. The normalized spacial score (nSPS) is 19.6. The zero-order valence-corrected chi connectivity index (χ0v) is 9.89. The number of primary amides is 1. The van der Waals surface area contributed by atoms with Crippen LogP contribution in [0.2, 0.25) is 0 Å². The molecule has 2 heterocycles. The minimum Gasteiger partial charge on any atom is -0.369 e. The van der Waals surface area contributed by atoms with E-state index in [4.69, 9.17) is 5.73 Å². The Balaban J connectivity index is 2.11. The van der Waals surface area contributed by atoms with Crippen LogP contribution in [0.3, 0.4) is 0 Å². The first-order valence-electron chi connectivity index (χ1n) is 5.85. The number of pyridine rings is 1. The monoisotopic (exact) mass is 249 g/mol. The Kier molecular flexibility index (Phi) is 3.45. The molecule has 6 nitrogen and oxygen atoms in total. The van der Waals surface area contributed by atoms with Gasteiger partial charge >= 0.3 is 0 Å². The lowest BCUT2D eigenvalue weighted by Crippen LogP contribution is -2.44. The topological polar surface area (TPSA) is 96.3 Å². The average molecular weight is 249 g/mol. The number of hydrogen-bond donors (Lipinski definition) is 2. The van der Waals surface area contributed by atoms with Gasteiger partial charge in [0.05, 0.1) is 11.5 Å². The van der Waals surface area contributed by atoms with E-state index in [2.05, 4.69) is 4.98 Å². The van der Waals surface area contributed by atoms with E-state index < -0.39 is 0 Å². The van der Waals surface area contributed by atoms with Crippen molar-refractivity contribution in [1.29, 1.82) is 0 Å². The number of carbonyl (C=O) groups excluding carboxylic acids is 2. The molecule has 0 aromatic carbocycles. The van der Waals surface area contributed by atoms with E-state index >= 15 is 0 Å². The van der Waals surface area contributed by atoms with Gasteiger partial charge in [-0.3, -0.25) is 14.4 Å². The second kappa shape index (κ2) is 5.03. The number of nitrogens with one attached hydrogen (secondary N) is 1. The third-order valence-corrected chi connectivity index (χ3v) is 3.14. The van der Waals surface area contributed by atoms with Crippen LogP contribution in [0.25, 0.3) is 0 Å². The summed E-state index contributed by atoms with van der Waals surface area (Å²) in [6.45, 7) is 0.967. The van der Waals surface area contributed by atoms with E-state index in [1.807, 2.05) is 0 Å². The van der Waals surface area contributed by atoms with Crippen LogP contribution in [0.5, 0.6) is 0 Å². The highest BCUT2D eigenvalue weighted by Gasteiger charge is 2.27. The number of aromatic amines is 1. The Hall–Kier alpha value is -2.11. The molecule has 0 aliphatic carbocycles. The SMILES string of the molecule is NC(=O)[C@H]1CCCN(C(=O)c2ccc(=O)[nH]c2)C1. The second-order valence-corrected chi connectivity index (χ2v) is 4.43. The number of carbonyl (C=O) groups is 2. The molecule has 0 bridgehead atoms. The van der Waals surface area contributed by atoms with Crippen LogP contribution < -0.4 is 11.3 Å². The first-order chi connectivity index (χ1) is 8.58. The van der Waals surface area contributed by atoms with Crippen molar-refractivity contribution in [2.24, 2.45) is 11.7 Å². The van der Waals surface area contributed by atoms with Gasteiger partial charge in [-0.1, -0.05) is 0 Å². The summed E-state index contributed by atoms with van der Waals surface area (Å²) in [4.78, 5) is 38.3. The molecule has 0 saturated carbocycles. The smallest absolute Gasteiger partial charge is 0.255 e. The van der Waals surface area contributed by atoms with Crippen molar-refractivity contribution in [2.75, 3.05) is 13.1 Å². The third-order valence-electron chi connectivity index (χ3n) is 3.14. The van der Waals surface area contributed by atoms with Crippen molar-refractivity contribution < 1.29 is 9.59 Å². The molecule has 0 unspecified atom stereocenters. The molecule has 6 heteroatoms. The van der Waals surface area contributed by atoms with Crippen molar-refractivity contribution in [3.05, 3.63) is 34.2 Å².